The molecule has 0 aliphatic rings. The first kappa shape index (κ1) is 13.0. The molecule has 0 radical (unpaired) electrons. The molecule has 19 heavy (non-hydrogen) atoms. The number of carboxylic acids is 1. The molecule has 0 aliphatic carbocycles. The number of ether oxygens (including phenoxy) is 1. The third-order valence-electron chi connectivity index (χ3n) is 2.81. The predicted molar refractivity (Wildman–Crippen MR) is 66.0 cm³/mol. The Kier molecular flexibility index (Phi) is 3.74. The Morgan fingerprint density at radius 2 is 2.11 bits per heavy atom. The number of benzene rings is 1. The van der Waals surface area contributed by atoms with Gasteiger partial charge >= 0.3 is 5.97 Å². The van der Waals surface area contributed by atoms with Crippen LogP contribution in [-0.4, -0.2) is 38.4 Å². The van der Waals surface area contributed by atoms with Crippen molar-refractivity contribution in [2.75, 3.05) is 7.11 Å². The fourth-order valence-electron chi connectivity index (χ4n) is 1.66. The summed E-state index contributed by atoms with van der Waals surface area (Å²) < 4.78 is 6.39. The Labute approximate surface area is 109 Å². The first-order chi connectivity index (χ1) is 9.11. The van der Waals surface area contributed by atoms with Gasteiger partial charge in [-0.2, -0.15) is 0 Å². The maximum atomic E-state index is 11.0. The maximum Gasteiger partial charge on any atom is 0.328 e. The number of carboxylic acid groups (broad SMARTS) is 1. The van der Waals surface area contributed by atoms with E-state index in [0.29, 0.717) is 12.2 Å². The van der Waals surface area contributed by atoms with Crippen molar-refractivity contribution in [1.29, 1.82) is 0 Å². The van der Waals surface area contributed by atoms with Crippen molar-refractivity contribution < 1.29 is 14.6 Å². The SMILES string of the molecule is COc1ccc(Cc2nnnn2C(C)C(=O)O)cc1. The third kappa shape index (κ3) is 2.87. The second-order valence-electron chi connectivity index (χ2n) is 4.08. The normalized spacial score (nSPS) is 12.1. The summed E-state index contributed by atoms with van der Waals surface area (Å²) in [6.07, 6.45) is 0.467. The number of rotatable bonds is 5. The number of aliphatic carboxylic acids is 1. The Balaban J connectivity index is 2.19. The van der Waals surface area contributed by atoms with Crippen LogP contribution in [0.3, 0.4) is 0 Å². The first-order valence-corrected chi connectivity index (χ1v) is 5.74. The molecule has 7 nitrogen and oxygen atoms in total. The van der Waals surface area contributed by atoms with Crippen LogP contribution in [0.2, 0.25) is 0 Å². The van der Waals surface area contributed by atoms with Crippen molar-refractivity contribution in [3.8, 4) is 5.75 Å². The highest BCUT2D eigenvalue weighted by atomic mass is 16.5. The van der Waals surface area contributed by atoms with Crippen molar-refractivity contribution >= 4 is 5.97 Å². The van der Waals surface area contributed by atoms with E-state index in [4.69, 9.17) is 9.84 Å². The lowest BCUT2D eigenvalue weighted by Crippen LogP contribution is -2.19. The molecule has 100 valence electrons. The second kappa shape index (κ2) is 5.47. The van der Waals surface area contributed by atoms with Gasteiger partial charge in [0, 0.05) is 6.42 Å². The second-order valence-corrected chi connectivity index (χ2v) is 4.08. The van der Waals surface area contributed by atoms with Crippen LogP contribution in [0.5, 0.6) is 5.75 Å². The average Bonchev–Trinajstić information content (AvgIpc) is 2.86. The molecule has 0 saturated carbocycles. The van der Waals surface area contributed by atoms with Gasteiger partial charge in [0.15, 0.2) is 5.82 Å². The summed E-state index contributed by atoms with van der Waals surface area (Å²) in [7, 11) is 1.60. The number of nitrogens with zero attached hydrogens (tertiary/aromatic N) is 4. The van der Waals surface area contributed by atoms with E-state index < -0.39 is 12.0 Å². The molecule has 2 rings (SSSR count). The van der Waals surface area contributed by atoms with Crippen LogP contribution in [0, 0.1) is 0 Å². The standard InChI is InChI=1S/C12H14N4O3/c1-8(12(17)18)16-11(13-14-15-16)7-9-3-5-10(19-2)6-4-9/h3-6,8H,7H2,1-2H3,(H,17,18). The lowest BCUT2D eigenvalue weighted by molar-refractivity contribution is -0.140. The summed E-state index contributed by atoms with van der Waals surface area (Å²) in [5, 5.41) is 20.1. The Bertz CT molecular complexity index is 565. The fraction of sp³-hybridized carbons (Fsp3) is 0.333. The average molecular weight is 262 g/mol. The zero-order chi connectivity index (χ0) is 13.8. The summed E-state index contributed by atoms with van der Waals surface area (Å²) in [5.74, 6) is 0.311. The molecule has 1 atom stereocenters. The predicted octanol–water partition coefficient (Wildman–Crippen LogP) is 0.918. The van der Waals surface area contributed by atoms with Crippen LogP contribution in [0.25, 0.3) is 0 Å². The van der Waals surface area contributed by atoms with Crippen LogP contribution in [0.4, 0.5) is 0 Å². The van der Waals surface area contributed by atoms with E-state index in [0.717, 1.165) is 11.3 Å². The van der Waals surface area contributed by atoms with E-state index in [1.807, 2.05) is 24.3 Å². The monoisotopic (exact) mass is 262 g/mol. The molecule has 1 aromatic carbocycles. The van der Waals surface area contributed by atoms with Gasteiger partial charge < -0.3 is 9.84 Å². The molecule has 0 spiro atoms. The largest absolute Gasteiger partial charge is 0.497 e. The van der Waals surface area contributed by atoms with E-state index in [1.54, 1.807) is 7.11 Å². The van der Waals surface area contributed by atoms with Crippen LogP contribution >= 0.6 is 0 Å². The molecule has 1 unspecified atom stereocenters. The zero-order valence-corrected chi connectivity index (χ0v) is 10.6. The van der Waals surface area contributed by atoms with E-state index in [1.165, 1.54) is 11.6 Å². The van der Waals surface area contributed by atoms with Gasteiger partial charge in [0.2, 0.25) is 0 Å². The number of tetrazole rings is 1. The van der Waals surface area contributed by atoms with E-state index >= 15 is 0 Å². The van der Waals surface area contributed by atoms with Crippen LogP contribution in [0.15, 0.2) is 24.3 Å². The molecule has 1 heterocycles. The Hall–Kier alpha value is -2.44. The van der Waals surface area contributed by atoms with Gasteiger partial charge in [-0.3, -0.25) is 0 Å². The van der Waals surface area contributed by atoms with Gasteiger partial charge in [-0.1, -0.05) is 12.1 Å². The number of methoxy groups -OCH3 is 1. The molecule has 0 bridgehead atoms. The molecule has 0 fully saturated rings. The van der Waals surface area contributed by atoms with Crippen LogP contribution < -0.4 is 4.74 Å². The molecule has 1 N–H and O–H groups in total. The zero-order valence-electron chi connectivity index (χ0n) is 10.6. The Morgan fingerprint density at radius 3 is 2.68 bits per heavy atom. The molecular formula is C12H14N4O3. The van der Waals surface area contributed by atoms with Crippen molar-refractivity contribution in [2.45, 2.75) is 19.4 Å². The maximum absolute atomic E-state index is 11.0. The van der Waals surface area contributed by atoms with Gasteiger partial charge in [0.1, 0.15) is 11.8 Å². The highest BCUT2D eigenvalue weighted by Crippen LogP contribution is 2.15. The quantitative estimate of drug-likeness (QED) is 0.861. The lowest BCUT2D eigenvalue weighted by Gasteiger charge is -2.08. The molecular weight excluding hydrogens is 248 g/mol. The number of carbonyl (C=O) groups is 1. The van der Waals surface area contributed by atoms with Gasteiger partial charge in [-0.25, -0.2) is 9.48 Å². The molecule has 0 aliphatic heterocycles. The summed E-state index contributed by atoms with van der Waals surface area (Å²) in [5.41, 5.74) is 0.981. The van der Waals surface area contributed by atoms with E-state index in [9.17, 15) is 4.79 Å². The lowest BCUT2D eigenvalue weighted by atomic mass is 10.1. The van der Waals surface area contributed by atoms with Crippen LogP contribution in [-0.2, 0) is 11.2 Å². The minimum atomic E-state index is -0.969. The summed E-state index contributed by atoms with van der Waals surface area (Å²) in [6, 6.07) is 6.67. The van der Waals surface area contributed by atoms with Gasteiger partial charge in [0.05, 0.1) is 7.11 Å². The number of aromatic nitrogens is 4. The van der Waals surface area contributed by atoms with Gasteiger partial charge in [-0.05, 0) is 35.0 Å². The number of hydrogen-bond donors (Lipinski definition) is 1. The van der Waals surface area contributed by atoms with E-state index in [2.05, 4.69) is 15.5 Å². The van der Waals surface area contributed by atoms with Crippen molar-refractivity contribution in [2.24, 2.45) is 0 Å². The van der Waals surface area contributed by atoms with Crippen LogP contribution in [0.1, 0.15) is 24.4 Å². The molecule has 1 aromatic heterocycles. The third-order valence-corrected chi connectivity index (χ3v) is 2.81. The number of hydrogen-bond acceptors (Lipinski definition) is 5. The Morgan fingerprint density at radius 1 is 1.42 bits per heavy atom. The highest BCUT2D eigenvalue weighted by Gasteiger charge is 2.19. The first-order valence-electron chi connectivity index (χ1n) is 5.74. The summed E-state index contributed by atoms with van der Waals surface area (Å²) in [6.45, 7) is 1.54. The highest BCUT2D eigenvalue weighted by molar-refractivity contribution is 5.71. The molecule has 2 aromatic rings. The smallest absolute Gasteiger partial charge is 0.328 e. The molecule has 7 heteroatoms. The fourth-order valence-corrected chi connectivity index (χ4v) is 1.66. The van der Waals surface area contributed by atoms with Crippen molar-refractivity contribution in [3.05, 3.63) is 35.7 Å². The minimum Gasteiger partial charge on any atom is -0.497 e. The van der Waals surface area contributed by atoms with Crippen molar-refractivity contribution in [1.82, 2.24) is 20.2 Å². The van der Waals surface area contributed by atoms with Gasteiger partial charge in [0.25, 0.3) is 0 Å². The minimum absolute atomic E-state index is 0.467. The molecule has 0 saturated heterocycles. The van der Waals surface area contributed by atoms with Gasteiger partial charge in [-0.15, -0.1) is 5.10 Å². The van der Waals surface area contributed by atoms with E-state index in [-0.39, 0.29) is 0 Å². The van der Waals surface area contributed by atoms with Crippen molar-refractivity contribution in [3.63, 3.8) is 0 Å². The molecule has 0 amide bonds. The summed E-state index contributed by atoms with van der Waals surface area (Å²) >= 11 is 0. The summed E-state index contributed by atoms with van der Waals surface area (Å²) in [4.78, 5) is 11.0. The topological polar surface area (TPSA) is 90.1 Å².